The summed E-state index contributed by atoms with van der Waals surface area (Å²) in [6.07, 6.45) is 6.74. The quantitative estimate of drug-likeness (QED) is 0.0658. The molecule has 0 fully saturated rings. The van der Waals surface area contributed by atoms with Gasteiger partial charge < -0.3 is 18.9 Å². The summed E-state index contributed by atoms with van der Waals surface area (Å²) in [7, 11) is 1.52. The highest BCUT2D eigenvalue weighted by atomic mass is 19.2. The maximum atomic E-state index is 14.4. The molecule has 4 nitrogen and oxygen atoms in total. The number of ether oxygens (including phenoxy) is 4. The Morgan fingerprint density at radius 3 is 1.89 bits per heavy atom. The number of hydrogen-bond donors (Lipinski definition) is 0. The first-order valence-electron chi connectivity index (χ1n) is 13.5. The Morgan fingerprint density at radius 2 is 1.34 bits per heavy atom. The topological polar surface area (TPSA) is 36.9 Å². The maximum absolute atomic E-state index is 14.4. The molecule has 0 aliphatic heterocycles. The first-order chi connectivity index (χ1) is 18.1. The van der Waals surface area contributed by atoms with Gasteiger partial charge in [0.2, 0.25) is 0 Å². The Labute approximate surface area is 224 Å². The van der Waals surface area contributed by atoms with Crippen LogP contribution < -0.4 is 0 Å². The summed E-state index contributed by atoms with van der Waals surface area (Å²) in [5, 5.41) is 0. The molecule has 0 heterocycles. The van der Waals surface area contributed by atoms with E-state index in [4.69, 9.17) is 18.9 Å². The minimum atomic E-state index is -1.84. The van der Waals surface area contributed by atoms with Gasteiger partial charge in [-0.25, -0.2) is 17.6 Å². The highest BCUT2D eigenvalue weighted by Gasteiger charge is 2.45. The van der Waals surface area contributed by atoms with Crippen molar-refractivity contribution in [2.75, 3.05) is 13.9 Å². The summed E-state index contributed by atoms with van der Waals surface area (Å²) >= 11 is 0. The predicted octanol–water partition coefficient (Wildman–Crippen LogP) is 8.87. The normalized spacial score (nSPS) is 13.1. The van der Waals surface area contributed by atoms with E-state index in [-0.39, 0.29) is 30.1 Å². The Kier molecular flexibility index (Phi) is 13.2. The zero-order valence-electron chi connectivity index (χ0n) is 23.4. The number of halogens is 4. The molecule has 2 rings (SSSR count). The summed E-state index contributed by atoms with van der Waals surface area (Å²) in [6, 6.07) is 7.21. The summed E-state index contributed by atoms with van der Waals surface area (Å²) in [5.41, 5.74) is 0.627. The lowest BCUT2D eigenvalue weighted by atomic mass is 9.88. The molecular weight excluding hydrogens is 500 g/mol. The summed E-state index contributed by atoms with van der Waals surface area (Å²) in [4.78, 5) is 0. The lowest BCUT2D eigenvalue weighted by Gasteiger charge is -2.42. The van der Waals surface area contributed by atoms with E-state index in [0.717, 1.165) is 31.2 Å². The SMILES string of the molecule is CCCCCCCCC(c1ccc(-c2cc(F)c(F)c(F)c2F)cc1)C(OCOC)(OC(C)C)OC(C)C. The predicted molar refractivity (Wildman–Crippen MR) is 141 cm³/mol. The second kappa shape index (κ2) is 15.6. The third kappa shape index (κ3) is 8.76. The van der Waals surface area contributed by atoms with Gasteiger partial charge in [-0.3, -0.25) is 0 Å². The van der Waals surface area contributed by atoms with Crippen molar-refractivity contribution in [2.24, 2.45) is 0 Å². The fraction of sp³-hybridized carbons (Fsp3) is 0.600. The monoisotopic (exact) mass is 542 g/mol. The van der Waals surface area contributed by atoms with E-state index in [1.807, 2.05) is 27.7 Å². The zero-order chi connectivity index (χ0) is 28.3. The van der Waals surface area contributed by atoms with E-state index in [9.17, 15) is 17.6 Å². The molecular formula is C30H42F4O4. The molecule has 0 aromatic heterocycles. The maximum Gasteiger partial charge on any atom is 0.292 e. The van der Waals surface area contributed by atoms with Crippen LogP contribution in [-0.2, 0) is 18.9 Å². The highest BCUT2D eigenvalue weighted by Crippen LogP contribution is 2.41. The van der Waals surface area contributed by atoms with Crippen LogP contribution in [0.3, 0.4) is 0 Å². The minimum absolute atomic E-state index is 0.0656. The molecule has 0 saturated heterocycles. The third-order valence-electron chi connectivity index (χ3n) is 6.18. The zero-order valence-corrected chi connectivity index (χ0v) is 23.4. The smallest absolute Gasteiger partial charge is 0.292 e. The average molecular weight is 543 g/mol. The molecule has 38 heavy (non-hydrogen) atoms. The standard InChI is InChI=1S/C30H42F4O4/c1-7-8-9-10-11-12-13-25(30(36-19-35-6,37-20(2)3)38-21(4)5)23-16-14-22(15-17-23)24-18-26(31)28(33)29(34)27(24)32/h14-18,20-21,25H,7-13,19H2,1-6H3. The second-order valence-electron chi connectivity index (χ2n) is 10.1. The van der Waals surface area contributed by atoms with Crippen LogP contribution in [0.5, 0.6) is 0 Å². The summed E-state index contributed by atoms with van der Waals surface area (Å²) < 4.78 is 79.6. The van der Waals surface area contributed by atoms with Gasteiger partial charge >= 0.3 is 0 Å². The van der Waals surface area contributed by atoms with Gasteiger partial charge in [0.25, 0.3) is 5.97 Å². The molecule has 8 heteroatoms. The van der Waals surface area contributed by atoms with Gasteiger partial charge in [0, 0.05) is 12.7 Å². The van der Waals surface area contributed by atoms with Crippen LogP contribution >= 0.6 is 0 Å². The molecule has 0 saturated carbocycles. The van der Waals surface area contributed by atoms with Crippen molar-refractivity contribution >= 4 is 0 Å². The number of methoxy groups -OCH3 is 1. The van der Waals surface area contributed by atoms with Gasteiger partial charge in [-0.2, -0.15) is 0 Å². The molecule has 0 radical (unpaired) electrons. The van der Waals surface area contributed by atoms with Crippen molar-refractivity contribution < 1.29 is 36.5 Å². The van der Waals surface area contributed by atoms with Gasteiger partial charge in [0.15, 0.2) is 30.1 Å². The van der Waals surface area contributed by atoms with Gasteiger partial charge in [-0.15, -0.1) is 0 Å². The largest absolute Gasteiger partial charge is 0.358 e. The van der Waals surface area contributed by atoms with E-state index in [1.54, 1.807) is 24.3 Å². The molecule has 0 amide bonds. The molecule has 1 unspecified atom stereocenters. The van der Waals surface area contributed by atoms with Crippen LogP contribution in [0.1, 0.15) is 91.0 Å². The number of unbranched alkanes of at least 4 members (excludes halogenated alkanes) is 5. The van der Waals surface area contributed by atoms with Crippen molar-refractivity contribution in [3.05, 3.63) is 59.2 Å². The van der Waals surface area contributed by atoms with Crippen molar-refractivity contribution in [3.8, 4) is 11.1 Å². The molecule has 214 valence electrons. The van der Waals surface area contributed by atoms with Gasteiger partial charge in [0.05, 0.1) is 18.1 Å². The third-order valence-corrected chi connectivity index (χ3v) is 6.18. The van der Waals surface area contributed by atoms with E-state index in [0.29, 0.717) is 12.5 Å². The molecule has 0 N–H and O–H groups in total. The molecule has 0 aliphatic carbocycles. The van der Waals surface area contributed by atoms with Crippen LogP contribution in [0.4, 0.5) is 17.6 Å². The average Bonchev–Trinajstić information content (AvgIpc) is 2.87. The minimum Gasteiger partial charge on any atom is -0.358 e. The highest BCUT2D eigenvalue weighted by molar-refractivity contribution is 5.65. The van der Waals surface area contributed by atoms with Crippen molar-refractivity contribution in [2.45, 2.75) is 104 Å². The van der Waals surface area contributed by atoms with Gasteiger partial charge in [-0.05, 0) is 51.3 Å². The van der Waals surface area contributed by atoms with Crippen LogP contribution in [0.2, 0.25) is 0 Å². The second-order valence-corrected chi connectivity index (χ2v) is 10.1. The first kappa shape index (κ1) is 32.2. The Hall–Kier alpha value is -2.00. The van der Waals surface area contributed by atoms with E-state index in [1.165, 1.54) is 20.0 Å². The molecule has 0 spiro atoms. The van der Waals surface area contributed by atoms with E-state index >= 15 is 0 Å². The van der Waals surface area contributed by atoms with E-state index in [2.05, 4.69) is 6.92 Å². The van der Waals surface area contributed by atoms with Gasteiger partial charge in [0.1, 0.15) is 0 Å². The van der Waals surface area contributed by atoms with Crippen LogP contribution in [0.15, 0.2) is 30.3 Å². The van der Waals surface area contributed by atoms with Gasteiger partial charge in [-0.1, -0.05) is 69.7 Å². The number of rotatable bonds is 17. The molecule has 2 aromatic carbocycles. The first-order valence-corrected chi connectivity index (χ1v) is 13.5. The fourth-order valence-corrected chi connectivity index (χ4v) is 4.51. The molecule has 0 aliphatic rings. The Balaban J connectivity index is 2.49. The lowest BCUT2D eigenvalue weighted by Crippen LogP contribution is -2.48. The van der Waals surface area contributed by atoms with Crippen LogP contribution in [0.25, 0.3) is 11.1 Å². The van der Waals surface area contributed by atoms with Crippen molar-refractivity contribution in [1.82, 2.24) is 0 Å². The van der Waals surface area contributed by atoms with Crippen LogP contribution in [0, 0.1) is 23.3 Å². The molecule has 0 bridgehead atoms. The Morgan fingerprint density at radius 1 is 0.763 bits per heavy atom. The molecule has 1 atom stereocenters. The Bertz CT molecular complexity index is 969. The number of hydrogen-bond acceptors (Lipinski definition) is 4. The fourth-order valence-electron chi connectivity index (χ4n) is 4.51. The number of benzene rings is 2. The summed E-state index contributed by atoms with van der Waals surface area (Å²) in [5.74, 6) is -8.43. The molecule has 2 aromatic rings. The lowest BCUT2D eigenvalue weighted by molar-refractivity contribution is -0.425. The van der Waals surface area contributed by atoms with E-state index < -0.39 is 35.2 Å². The van der Waals surface area contributed by atoms with Crippen molar-refractivity contribution in [1.29, 1.82) is 0 Å². The summed E-state index contributed by atoms with van der Waals surface area (Å²) in [6.45, 7) is 9.66. The van der Waals surface area contributed by atoms with Crippen LogP contribution in [-0.4, -0.2) is 32.1 Å². The van der Waals surface area contributed by atoms with Crippen molar-refractivity contribution in [3.63, 3.8) is 0 Å².